The van der Waals surface area contributed by atoms with Crippen molar-refractivity contribution in [2.75, 3.05) is 24.1 Å². The number of rotatable bonds is 4. The van der Waals surface area contributed by atoms with Crippen molar-refractivity contribution in [1.29, 1.82) is 0 Å². The van der Waals surface area contributed by atoms with Crippen LogP contribution in [0.25, 0.3) is 0 Å². The van der Waals surface area contributed by atoms with Gasteiger partial charge in [-0.2, -0.15) is 0 Å². The first-order valence-electron chi connectivity index (χ1n) is 7.59. The highest BCUT2D eigenvalue weighted by Gasteiger charge is 2.20. The fraction of sp³-hybridized carbons (Fsp3) is 0.111. The summed E-state index contributed by atoms with van der Waals surface area (Å²) in [4.78, 5) is 16.4. The van der Waals surface area contributed by atoms with Gasteiger partial charge in [0.05, 0.1) is 22.7 Å². The molecule has 1 aliphatic rings. The zero-order chi connectivity index (χ0) is 16.8. The molecule has 6 heteroatoms. The van der Waals surface area contributed by atoms with Crippen LogP contribution in [0.1, 0.15) is 15.2 Å². The Balaban J connectivity index is 2.01. The molecule has 2 heterocycles. The number of nitrogens with zero attached hydrogens (tertiary/aromatic N) is 1. The average molecular weight is 338 g/mol. The van der Waals surface area contributed by atoms with Gasteiger partial charge in [-0.1, -0.05) is 42.5 Å². The monoisotopic (exact) mass is 338 g/mol. The van der Waals surface area contributed by atoms with Gasteiger partial charge >= 0.3 is 0 Å². The second-order valence-corrected chi connectivity index (χ2v) is 6.17. The normalized spacial score (nSPS) is 16.8. The summed E-state index contributed by atoms with van der Waals surface area (Å²) in [6, 6.07) is 9.78. The highest BCUT2D eigenvalue weighted by Crippen LogP contribution is 2.36. The van der Waals surface area contributed by atoms with Crippen LogP contribution in [0.5, 0.6) is 0 Å². The van der Waals surface area contributed by atoms with Crippen molar-refractivity contribution in [3.05, 3.63) is 65.1 Å². The van der Waals surface area contributed by atoms with Crippen LogP contribution in [-0.4, -0.2) is 25.2 Å². The third-order valence-corrected chi connectivity index (χ3v) is 4.52. The van der Waals surface area contributed by atoms with Crippen molar-refractivity contribution in [3.8, 4) is 0 Å². The maximum atomic E-state index is 11.3. The molecule has 1 aromatic carbocycles. The lowest BCUT2D eigenvalue weighted by atomic mass is 10.2. The summed E-state index contributed by atoms with van der Waals surface area (Å²) in [6.45, 7) is 1.18. The summed E-state index contributed by atoms with van der Waals surface area (Å²) in [5.74, 6) is 0.687. The lowest BCUT2D eigenvalue weighted by Crippen LogP contribution is -2.26. The van der Waals surface area contributed by atoms with Gasteiger partial charge in [-0.25, -0.2) is 0 Å². The first-order valence-corrected chi connectivity index (χ1v) is 8.41. The molecule has 3 rings (SSSR count). The maximum absolute atomic E-state index is 11.3. The van der Waals surface area contributed by atoms with Gasteiger partial charge in [-0.05, 0) is 12.1 Å². The van der Waals surface area contributed by atoms with Gasteiger partial charge < -0.3 is 16.4 Å². The zero-order valence-corrected chi connectivity index (χ0v) is 13.8. The Bertz CT molecular complexity index is 806. The molecule has 4 N–H and O–H groups in total. The largest absolute Gasteiger partial charge is 0.397 e. The van der Waals surface area contributed by atoms with E-state index in [1.807, 2.05) is 54.6 Å². The van der Waals surface area contributed by atoms with Crippen molar-refractivity contribution in [3.63, 3.8) is 0 Å². The van der Waals surface area contributed by atoms with Crippen molar-refractivity contribution < 1.29 is 4.79 Å². The van der Waals surface area contributed by atoms with E-state index in [-0.39, 0.29) is 0 Å². The molecule has 0 spiro atoms. The van der Waals surface area contributed by atoms with Crippen LogP contribution in [-0.2, 0) is 0 Å². The number of aldehydes is 1. The third kappa shape index (κ3) is 3.55. The van der Waals surface area contributed by atoms with Crippen molar-refractivity contribution in [2.45, 2.75) is 0 Å². The Morgan fingerprint density at radius 3 is 2.79 bits per heavy atom. The molecular weight excluding hydrogens is 320 g/mol. The Morgan fingerprint density at radius 1 is 1.21 bits per heavy atom. The molecule has 0 saturated heterocycles. The molecule has 24 heavy (non-hydrogen) atoms. The summed E-state index contributed by atoms with van der Waals surface area (Å²) in [6.07, 6.45) is 8.70. The Labute approximate surface area is 144 Å². The highest BCUT2D eigenvalue weighted by atomic mass is 32.1. The molecule has 0 saturated carbocycles. The zero-order valence-electron chi connectivity index (χ0n) is 13.0. The highest BCUT2D eigenvalue weighted by molar-refractivity contribution is 7.18. The summed E-state index contributed by atoms with van der Waals surface area (Å²) < 4.78 is 0. The van der Waals surface area contributed by atoms with Crippen molar-refractivity contribution >= 4 is 39.8 Å². The van der Waals surface area contributed by atoms with Gasteiger partial charge in [0.2, 0.25) is 0 Å². The maximum Gasteiger partial charge on any atom is 0.162 e. The van der Waals surface area contributed by atoms with Crippen LogP contribution >= 0.6 is 11.3 Å². The minimum absolute atomic E-state index is 0.451. The minimum atomic E-state index is 0.451. The Kier molecular flexibility index (Phi) is 5.08. The molecule has 0 amide bonds. The number of nitrogen functional groups attached to an aromatic ring is 1. The molecule has 1 aliphatic heterocycles. The van der Waals surface area contributed by atoms with Gasteiger partial charge in [-0.3, -0.25) is 9.79 Å². The number of hydrogen-bond acceptors (Lipinski definition) is 6. The topological polar surface area (TPSA) is 79.5 Å². The molecule has 0 unspecified atom stereocenters. The van der Waals surface area contributed by atoms with E-state index in [0.29, 0.717) is 29.5 Å². The van der Waals surface area contributed by atoms with E-state index >= 15 is 0 Å². The van der Waals surface area contributed by atoms with E-state index in [4.69, 9.17) is 5.73 Å². The number of para-hydroxylation sites is 1. The van der Waals surface area contributed by atoms with E-state index in [1.54, 1.807) is 0 Å². The molecule has 0 aliphatic carbocycles. The summed E-state index contributed by atoms with van der Waals surface area (Å²) in [7, 11) is 0. The first-order chi connectivity index (χ1) is 11.8. The number of nitrogens with one attached hydrogen (secondary N) is 2. The summed E-state index contributed by atoms with van der Waals surface area (Å²) in [5, 5.41) is 7.42. The second kappa shape index (κ2) is 7.61. The predicted molar refractivity (Wildman–Crippen MR) is 102 cm³/mol. The van der Waals surface area contributed by atoms with Gasteiger partial charge in [-0.15, -0.1) is 11.3 Å². The number of nitrogens with two attached hydrogens (primary N) is 1. The molecule has 0 fully saturated rings. The number of benzene rings is 1. The first kappa shape index (κ1) is 16.0. The van der Waals surface area contributed by atoms with Gasteiger partial charge in [0.1, 0.15) is 10.8 Å². The van der Waals surface area contributed by atoms with E-state index < -0.39 is 0 Å². The van der Waals surface area contributed by atoms with E-state index in [9.17, 15) is 4.79 Å². The van der Waals surface area contributed by atoms with Gasteiger partial charge in [0.25, 0.3) is 0 Å². The SMILES string of the molecule is Nc1c(C=O)sc(Nc2ccccc2)c1C1=NC/C=C\C=C/CN1. The summed E-state index contributed by atoms with van der Waals surface area (Å²) in [5.41, 5.74) is 8.34. The van der Waals surface area contributed by atoms with Crippen molar-refractivity contribution in [2.24, 2.45) is 4.99 Å². The number of anilines is 3. The molecule has 0 atom stereocenters. The molecular formula is C18H18N4OS. The van der Waals surface area contributed by atoms with Crippen LogP contribution in [0.3, 0.4) is 0 Å². The standard InChI is InChI=1S/C18H18N4OS/c19-16-14(12-23)24-18(22-13-8-4-3-5-9-13)15(16)17-20-10-6-1-2-7-11-21-17/h1-9,12,22H,10-11,19H2,(H,20,21)/b6-1-,7-2-. The average Bonchev–Trinajstić information content (AvgIpc) is 2.98. The lowest BCUT2D eigenvalue weighted by molar-refractivity contribution is 0.112. The lowest BCUT2D eigenvalue weighted by Gasteiger charge is -2.12. The molecule has 0 radical (unpaired) electrons. The minimum Gasteiger partial charge on any atom is -0.397 e. The van der Waals surface area contributed by atoms with E-state index in [0.717, 1.165) is 22.5 Å². The van der Waals surface area contributed by atoms with Crippen LogP contribution in [0, 0.1) is 0 Å². The van der Waals surface area contributed by atoms with Gasteiger partial charge in [0, 0.05) is 12.2 Å². The van der Waals surface area contributed by atoms with E-state index in [2.05, 4.69) is 15.6 Å². The van der Waals surface area contributed by atoms with E-state index in [1.165, 1.54) is 11.3 Å². The quantitative estimate of drug-likeness (QED) is 0.747. The number of carbonyl (C=O) groups excluding carboxylic acids is 1. The molecule has 122 valence electrons. The van der Waals surface area contributed by atoms with Crippen LogP contribution in [0.2, 0.25) is 0 Å². The molecule has 2 aromatic rings. The Hall–Kier alpha value is -2.86. The smallest absolute Gasteiger partial charge is 0.162 e. The van der Waals surface area contributed by atoms with Crippen molar-refractivity contribution in [1.82, 2.24) is 5.32 Å². The van der Waals surface area contributed by atoms with Crippen LogP contribution < -0.4 is 16.4 Å². The molecule has 1 aromatic heterocycles. The molecule has 5 nitrogen and oxygen atoms in total. The predicted octanol–water partition coefficient (Wildman–Crippen LogP) is 3.35. The number of thiophene rings is 1. The van der Waals surface area contributed by atoms with Crippen LogP contribution in [0.4, 0.5) is 16.4 Å². The van der Waals surface area contributed by atoms with Gasteiger partial charge in [0.15, 0.2) is 6.29 Å². The number of allylic oxidation sites excluding steroid dienone is 2. The molecule has 0 bridgehead atoms. The van der Waals surface area contributed by atoms with Crippen LogP contribution in [0.15, 0.2) is 59.6 Å². The fourth-order valence-electron chi connectivity index (χ4n) is 2.33. The Morgan fingerprint density at radius 2 is 2.00 bits per heavy atom. The number of amidine groups is 1. The number of carbonyl (C=O) groups is 1. The third-order valence-electron chi connectivity index (χ3n) is 3.47. The number of hydrogen-bond donors (Lipinski definition) is 3. The number of aliphatic imine (C=N–C) groups is 1. The fourth-order valence-corrected chi connectivity index (χ4v) is 3.29. The second-order valence-electron chi connectivity index (χ2n) is 5.12. The summed E-state index contributed by atoms with van der Waals surface area (Å²) >= 11 is 1.33.